The van der Waals surface area contributed by atoms with Gasteiger partial charge in [-0.3, -0.25) is 14.4 Å². The zero-order chi connectivity index (χ0) is 20.3. The average molecular weight is 395 g/mol. The van der Waals surface area contributed by atoms with Crippen molar-refractivity contribution in [1.29, 1.82) is 0 Å². The fourth-order valence-electron chi connectivity index (χ4n) is 3.77. The van der Waals surface area contributed by atoms with Gasteiger partial charge in [-0.15, -0.1) is 0 Å². The molecule has 1 aromatic heterocycles. The van der Waals surface area contributed by atoms with Crippen LogP contribution in [0.2, 0.25) is 0 Å². The first-order valence-electron chi connectivity index (χ1n) is 10.0. The summed E-state index contributed by atoms with van der Waals surface area (Å²) in [5.74, 6) is -0.143. The third kappa shape index (κ3) is 4.04. The molecule has 4 rings (SSSR count). The lowest BCUT2D eigenvalue weighted by Gasteiger charge is -2.36. The number of nitrogens with zero attached hydrogens (tertiary/aromatic N) is 2. The molecule has 7 heteroatoms. The average Bonchev–Trinajstić information content (AvgIpc) is 3.40. The van der Waals surface area contributed by atoms with Crippen molar-refractivity contribution in [3.05, 3.63) is 60.1 Å². The van der Waals surface area contributed by atoms with E-state index < -0.39 is 5.41 Å². The number of carbonyl (C=O) groups excluding carboxylic acids is 3. The van der Waals surface area contributed by atoms with Crippen molar-refractivity contribution in [2.45, 2.75) is 19.3 Å². The number of rotatable bonds is 6. The Morgan fingerprint density at radius 2 is 1.62 bits per heavy atom. The van der Waals surface area contributed by atoms with Gasteiger partial charge in [-0.05, 0) is 37.0 Å². The minimum atomic E-state index is -0.913. The molecule has 1 N–H and O–H groups in total. The number of hydrogen-bond acceptors (Lipinski definition) is 4. The van der Waals surface area contributed by atoms with Gasteiger partial charge < -0.3 is 19.5 Å². The van der Waals surface area contributed by atoms with Gasteiger partial charge in [-0.1, -0.05) is 30.3 Å². The van der Waals surface area contributed by atoms with Crippen molar-refractivity contribution in [2.24, 2.45) is 5.41 Å². The monoisotopic (exact) mass is 395 g/mol. The number of piperazine rings is 1. The fraction of sp³-hybridized carbons (Fsp3) is 0.409. The lowest BCUT2D eigenvalue weighted by molar-refractivity contribution is -0.145. The Balaban J connectivity index is 1.28. The molecule has 1 aliphatic carbocycles. The second kappa shape index (κ2) is 8.11. The summed E-state index contributed by atoms with van der Waals surface area (Å²) in [5, 5.41) is 2.94. The quantitative estimate of drug-likeness (QED) is 0.755. The molecule has 1 aromatic carbocycles. The molecule has 29 heavy (non-hydrogen) atoms. The second-order valence-corrected chi connectivity index (χ2v) is 7.64. The first kappa shape index (κ1) is 19.2. The van der Waals surface area contributed by atoms with E-state index in [9.17, 15) is 14.4 Å². The minimum absolute atomic E-state index is 0.111. The van der Waals surface area contributed by atoms with Crippen molar-refractivity contribution in [1.82, 2.24) is 15.1 Å². The van der Waals surface area contributed by atoms with E-state index in [1.807, 2.05) is 30.3 Å². The van der Waals surface area contributed by atoms with Crippen molar-refractivity contribution >= 4 is 17.7 Å². The Kier molecular flexibility index (Phi) is 5.38. The summed E-state index contributed by atoms with van der Waals surface area (Å²) in [4.78, 5) is 41.5. The van der Waals surface area contributed by atoms with E-state index in [0.29, 0.717) is 51.3 Å². The van der Waals surface area contributed by atoms with Gasteiger partial charge in [0.25, 0.3) is 5.91 Å². The maximum atomic E-state index is 13.0. The topological polar surface area (TPSA) is 82.9 Å². The maximum absolute atomic E-state index is 13.0. The number of carbonyl (C=O) groups is 3. The summed E-state index contributed by atoms with van der Waals surface area (Å²) in [7, 11) is 0. The van der Waals surface area contributed by atoms with E-state index in [-0.39, 0.29) is 17.7 Å². The van der Waals surface area contributed by atoms with E-state index >= 15 is 0 Å². The summed E-state index contributed by atoms with van der Waals surface area (Å²) in [6, 6.07) is 13.3. The van der Waals surface area contributed by atoms with Crippen LogP contribution in [0.1, 0.15) is 29.0 Å². The summed E-state index contributed by atoms with van der Waals surface area (Å²) in [5.41, 5.74) is 0.241. The van der Waals surface area contributed by atoms with E-state index in [2.05, 4.69) is 5.32 Å². The molecule has 1 aliphatic heterocycles. The van der Waals surface area contributed by atoms with Gasteiger partial charge in [-0.2, -0.15) is 0 Å². The Bertz CT molecular complexity index is 867. The Morgan fingerprint density at radius 1 is 0.931 bits per heavy atom. The van der Waals surface area contributed by atoms with E-state index in [0.717, 1.165) is 12.0 Å². The van der Waals surface area contributed by atoms with E-state index in [4.69, 9.17) is 4.42 Å². The lowest BCUT2D eigenvalue weighted by Crippen LogP contribution is -2.54. The van der Waals surface area contributed by atoms with Gasteiger partial charge in [0.1, 0.15) is 5.41 Å². The summed E-state index contributed by atoms with van der Waals surface area (Å²) < 4.78 is 5.16. The van der Waals surface area contributed by atoms with Gasteiger partial charge in [0.05, 0.1) is 6.26 Å². The van der Waals surface area contributed by atoms with Crippen LogP contribution in [-0.2, 0) is 16.0 Å². The number of furan rings is 1. The van der Waals surface area contributed by atoms with Crippen LogP contribution in [0.4, 0.5) is 0 Å². The molecule has 7 nitrogen and oxygen atoms in total. The molecule has 1 saturated heterocycles. The minimum Gasteiger partial charge on any atom is -0.459 e. The van der Waals surface area contributed by atoms with Crippen LogP contribution in [0.5, 0.6) is 0 Å². The van der Waals surface area contributed by atoms with Crippen LogP contribution in [0.15, 0.2) is 53.1 Å². The third-order valence-corrected chi connectivity index (χ3v) is 5.72. The van der Waals surface area contributed by atoms with Crippen LogP contribution >= 0.6 is 0 Å². The summed E-state index contributed by atoms with van der Waals surface area (Å²) in [6.07, 6.45) is 3.40. The molecule has 0 radical (unpaired) electrons. The molecule has 0 atom stereocenters. The molecule has 0 spiro atoms. The standard InChI is InChI=1S/C22H25N3O4/c26-19(18-7-4-16-29-18)24-12-14-25(15-13-24)21(28)22(9-10-22)20(27)23-11-8-17-5-2-1-3-6-17/h1-7,16H,8-15H2,(H,23,27). The van der Waals surface area contributed by atoms with Gasteiger partial charge in [0.2, 0.25) is 11.8 Å². The molecule has 2 fully saturated rings. The van der Waals surface area contributed by atoms with E-state index in [1.54, 1.807) is 21.9 Å². The molecule has 3 amide bonds. The molecule has 2 heterocycles. The maximum Gasteiger partial charge on any atom is 0.289 e. The molecule has 1 saturated carbocycles. The van der Waals surface area contributed by atoms with Crippen molar-refractivity contribution in [2.75, 3.05) is 32.7 Å². The van der Waals surface area contributed by atoms with Gasteiger partial charge in [-0.25, -0.2) is 0 Å². The van der Waals surface area contributed by atoms with E-state index in [1.165, 1.54) is 6.26 Å². The molecule has 0 unspecified atom stereocenters. The molecular formula is C22H25N3O4. The summed E-state index contributed by atoms with van der Waals surface area (Å²) in [6.45, 7) is 2.27. The highest BCUT2D eigenvalue weighted by Gasteiger charge is 2.58. The second-order valence-electron chi connectivity index (χ2n) is 7.64. The SMILES string of the molecule is O=C(c1ccco1)N1CCN(C(=O)C2(C(=O)NCCc3ccccc3)CC2)CC1. The van der Waals surface area contributed by atoms with Crippen molar-refractivity contribution in [3.8, 4) is 0 Å². The number of nitrogens with one attached hydrogen (secondary N) is 1. The van der Waals surface area contributed by atoms with Crippen LogP contribution in [0, 0.1) is 5.41 Å². The Morgan fingerprint density at radius 3 is 2.24 bits per heavy atom. The Labute approximate surface area is 169 Å². The highest BCUT2D eigenvalue weighted by Crippen LogP contribution is 2.47. The first-order valence-corrected chi connectivity index (χ1v) is 10.0. The number of amides is 3. The predicted octanol–water partition coefficient (Wildman–Crippen LogP) is 1.70. The molecule has 2 aliphatic rings. The zero-order valence-corrected chi connectivity index (χ0v) is 16.3. The Hall–Kier alpha value is -3.09. The van der Waals surface area contributed by atoms with Crippen LogP contribution in [0.25, 0.3) is 0 Å². The highest BCUT2D eigenvalue weighted by molar-refractivity contribution is 6.08. The molecular weight excluding hydrogens is 370 g/mol. The number of hydrogen-bond donors (Lipinski definition) is 1. The number of benzene rings is 1. The van der Waals surface area contributed by atoms with Crippen molar-refractivity contribution in [3.63, 3.8) is 0 Å². The van der Waals surface area contributed by atoms with Crippen LogP contribution in [-0.4, -0.2) is 60.2 Å². The van der Waals surface area contributed by atoms with Crippen molar-refractivity contribution < 1.29 is 18.8 Å². The summed E-state index contributed by atoms with van der Waals surface area (Å²) >= 11 is 0. The largest absolute Gasteiger partial charge is 0.459 e. The van der Waals surface area contributed by atoms with Crippen LogP contribution < -0.4 is 5.32 Å². The zero-order valence-electron chi connectivity index (χ0n) is 16.3. The smallest absolute Gasteiger partial charge is 0.289 e. The predicted molar refractivity (Wildman–Crippen MR) is 106 cm³/mol. The molecule has 152 valence electrons. The van der Waals surface area contributed by atoms with Gasteiger partial charge in [0.15, 0.2) is 5.76 Å². The molecule has 2 aromatic rings. The fourth-order valence-corrected chi connectivity index (χ4v) is 3.77. The van der Waals surface area contributed by atoms with Crippen LogP contribution in [0.3, 0.4) is 0 Å². The van der Waals surface area contributed by atoms with Gasteiger partial charge in [0, 0.05) is 32.7 Å². The normalized spacial score (nSPS) is 17.7. The van der Waals surface area contributed by atoms with Gasteiger partial charge >= 0.3 is 0 Å². The third-order valence-electron chi connectivity index (χ3n) is 5.72. The first-order chi connectivity index (χ1) is 14.1. The highest BCUT2D eigenvalue weighted by atomic mass is 16.3. The lowest BCUT2D eigenvalue weighted by atomic mass is 10.0. The molecule has 0 bridgehead atoms.